The normalized spacial score (nSPS) is 10.3. The van der Waals surface area contributed by atoms with Crippen molar-refractivity contribution >= 4 is 22.7 Å². The molecule has 27 heavy (non-hydrogen) atoms. The Labute approximate surface area is 156 Å². The molecule has 0 fully saturated rings. The Bertz CT molecular complexity index is 979. The fourth-order valence-corrected chi connectivity index (χ4v) is 2.51. The number of carbonyl (C=O) groups excluding carboxylic acids is 2. The molecule has 0 aromatic heterocycles. The molecular formula is C21H18O6. The van der Waals surface area contributed by atoms with Crippen LogP contribution in [0.4, 0.5) is 0 Å². The molecule has 3 rings (SSSR count). The largest absolute Gasteiger partial charge is 0.493 e. The monoisotopic (exact) mass is 366 g/mol. The highest BCUT2D eigenvalue weighted by molar-refractivity contribution is 5.93. The van der Waals surface area contributed by atoms with Gasteiger partial charge in [-0.1, -0.05) is 30.3 Å². The Morgan fingerprint density at radius 2 is 1.63 bits per heavy atom. The molecule has 3 aromatic carbocycles. The van der Waals surface area contributed by atoms with Crippen molar-refractivity contribution in [2.75, 3.05) is 20.8 Å². The third-order valence-electron chi connectivity index (χ3n) is 3.90. The summed E-state index contributed by atoms with van der Waals surface area (Å²) in [4.78, 5) is 23.8. The Morgan fingerprint density at radius 1 is 0.852 bits per heavy atom. The minimum absolute atomic E-state index is 0.246. The maximum absolute atomic E-state index is 12.5. The first-order valence-corrected chi connectivity index (χ1v) is 8.19. The molecule has 6 nitrogen and oxygen atoms in total. The van der Waals surface area contributed by atoms with Gasteiger partial charge in [-0.25, -0.2) is 9.59 Å². The lowest BCUT2D eigenvalue weighted by molar-refractivity contribution is -0.142. The summed E-state index contributed by atoms with van der Waals surface area (Å²) < 4.78 is 20.6. The van der Waals surface area contributed by atoms with Gasteiger partial charge in [0.25, 0.3) is 0 Å². The number of hydrogen-bond acceptors (Lipinski definition) is 6. The van der Waals surface area contributed by atoms with Crippen LogP contribution in [0.1, 0.15) is 10.4 Å². The van der Waals surface area contributed by atoms with Crippen molar-refractivity contribution in [1.82, 2.24) is 0 Å². The summed E-state index contributed by atoms with van der Waals surface area (Å²) in [6, 6.07) is 17.8. The van der Waals surface area contributed by atoms with Gasteiger partial charge in [-0.2, -0.15) is 0 Å². The fraction of sp³-hybridized carbons (Fsp3) is 0.143. The molecule has 0 aliphatic carbocycles. The van der Waals surface area contributed by atoms with E-state index in [0.717, 1.165) is 10.8 Å². The topological polar surface area (TPSA) is 71.1 Å². The number of rotatable bonds is 6. The zero-order chi connectivity index (χ0) is 19.2. The zero-order valence-electron chi connectivity index (χ0n) is 14.9. The molecule has 0 amide bonds. The number of ether oxygens (including phenoxy) is 4. The summed E-state index contributed by atoms with van der Waals surface area (Å²) in [5.74, 6) is -0.0133. The molecule has 6 heteroatoms. The van der Waals surface area contributed by atoms with Gasteiger partial charge in [-0.3, -0.25) is 0 Å². The van der Waals surface area contributed by atoms with Gasteiger partial charge in [-0.15, -0.1) is 0 Å². The Hall–Kier alpha value is -3.54. The third kappa shape index (κ3) is 4.36. The molecular weight excluding hydrogens is 348 g/mol. The molecule has 0 N–H and O–H groups in total. The van der Waals surface area contributed by atoms with Crippen molar-refractivity contribution < 1.29 is 28.5 Å². The maximum atomic E-state index is 12.5. The number of methoxy groups -OCH3 is 2. The van der Waals surface area contributed by atoms with E-state index in [2.05, 4.69) is 4.74 Å². The molecule has 0 radical (unpaired) electrons. The quantitative estimate of drug-likeness (QED) is 0.490. The third-order valence-corrected chi connectivity index (χ3v) is 3.90. The molecule has 0 aliphatic heterocycles. The number of fused-ring (bicyclic) bond motifs is 1. The molecule has 0 saturated carbocycles. The van der Waals surface area contributed by atoms with Crippen LogP contribution in [0.3, 0.4) is 0 Å². The molecule has 0 unspecified atom stereocenters. The Morgan fingerprint density at radius 3 is 2.37 bits per heavy atom. The molecule has 3 aromatic rings. The van der Waals surface area contributed by atoms with Gasteiger partial charge in [0.15, 0.2) is 18.1 Å². The van der Waals surface area contributed by atoms with Crippen molar-refractivity contribution in [3.63, 3.8) is 0 Å². The first-order chi connectivity index (χ1) is 13.1. The molecule has 0 heterocycles. The zero-order valence-corrected chi connectivity index (χ0v) is 14.9. The van der Waals surface area contributed by atoms with Crippen LogP contribution < -0.4 is 14.2 Å². The van der Waals surface area contributed by atoms with E-state index in [4.69, 9.17) is 14.2 Å². The van der Waals surface area contributed by atoms with E-state index in [-0.39, 0.29) is 17.9 Å². The molecule has 138 valence electrons. The molecule has 0 atom stereocenters. The summed E-state index contributed by atoms with van der Waals surface area (Å²) in [5.41, 5.74) is 0.267. The number of benzene rings is 3. The van der Waals surface area contributed by atoms with E-state index in [1.54, 1.807) is 24.3 Å². The summed E-state index contributed by atoms with van der Waals surface area (Å²) >= 11 is 0. The second-order valence-electron chi connectivity index (χ2n) is 5.63. The van der Waals surface area contributed by atoms with Gasteiger partial charge in [-0.05, 0) is 41.1 Å². The predicted molar refractivity (Wildman–Crippen MR) is 99.4 cm³/mol. The highest BCUT2D eigenvalue weighted by Gasteiger charge is 2.15. The number of hydrogen-bond donors (Lipinski definition) is 0. The van der Waals surface area contributed by atoms with Crippen LogP contribution in [0, 0.1) is 0 Å². The minimum atomic E-state index is -0.546. The van der Waals surface area contributed by atoms with Crippen LogP contribution in [0.25, 0.3) is 10.8 Å². The van der Waals surface area contributed by atoms with E-state index < -0.39 is 11.9 Å². The SMILES string of the molecule is COC(=O)COc1cc(C(=O)Oc2ccc3ccccc3c2)ccc1OC. The van der Waals surface area contributed by atoms with Crippen molar-refractivity contribution in [1.29, 1.82) is 0 Å². The van der Waals surface area contributed by atoms with Crippen LogP contribution in [0.2, 0.25) is 0 Å². The Balaban J connectivity index is 1.79. The van der Waals surface area contributed by atoms with Gasteiger partial charge in [0, 0.05) is 0 Å². The molecule has 0 bridgehead atoms. The second kappa shape index (κ2) is 8.23. The summed E-state index contributed by atoms with van der Waals surface area (Å²) in [6.45, 7) is -0.296. The highest BCUT2D eigenvalue weighted by Crippen LogP contribution is 2.29. The van der Waals surface area contributed by atoms with Crippen LogP contribution in [-0.4, -0.2) is 32.8 Å². The molecule has 0 spiro atoms. The van der Waals surface area contributed by atoms with E-state index in [0.29, 0.717) is 11.5 Å². The smallest absolute Gasteiger partial charge is 0.343 e. The number of carbonyl (C=O) groups is 2. The fourth-order valence-electron chi connectivity index (χ4n) is 2.51. The summed E-state index contributed by atoms with van der Waals surface area (Å²) in [6.07, 6.45) is 0. The van der Waals surface area contributed by atoms with Crippen molar-refractivity contribution in [3.8, 4) is 17.2 Å². The first-order valence-electron chi connectivity index (χ1n) is 8.19. The van der Waals surface area contributed by atoms with Gasteiger partial charge in [0.2, 0.25) is 0 Å². The van der Waals surface area contributed by atoms with Gasteiger partial charge in [0.1, 0.15) is 5.75 Å². The van der Waals surface area contributed by atoms with Crippen molar-refractivity contribution in [2.45, 2.75) is 0 Å². The average Bonchev–Trinajstić information content (AvgIpc) is 2.71. The summed E-state index contributed by atoms with van der Waals surface area (Å²) in [7, 11) is 2.73. The minimum Gasteiger partial charge on any atom is -0.493 e. The van der Waals surface area contributed by atoms with Crippen LogP contribution >= 0.6 is 0 Å². The standard InChI is InChI=1S/C21H18O6/c1-24-18-10-8-16(12-19(18)26-13-20(22)25-2)21(23)27-17-9-7-14-5-3-4-6-15(14)11-17/h3-12H,13H2,1-2H3. The maximum Gasteiger partial charge on any atom is 0.343 e. The van der Waals surface area contributed by atoms with Crippen LogP contribution in [0.5, 0.6) is 17.2 Å². The second-order valence-corrected chi connectivity index (χ2v) is 5.63. The van der Waals surface area contributed by atoms with Crippen LogP contribution in [-0.2, 0) is 9.53 Å². The molecule has 0 aliphatic rings. The number of esters is 2. The molecule has 0 saturated heterocycles. The lowest BCUT2D eigenvalue weighted by Crippen LogP contribution is -2.14. The van der Waals surface area contributed by atoms with Gasteiger partial charge in [0.05, 0.1) is 19.8 Å². The van der Waals surface area contributed by atoms with E-state index in [1.165, 1.54) is 20.3 Å². The average molecular weight is 366 g/mol. The van der Waals surface area contributed by atoms with Crippen molar-refractivity contribution in [3.05, 3.63) is 66.2 Å². The van der Waals surface area contributed by atoms with E-state index in [1.807, 2.05) is 30.3 Å². The summed E-state index contributed by atoms with van der Waals surface area (Å²) in [5, 5.41) is 2.03. The Kier molecular flexibility index (Phi) is 5.56. The first kappa shape index (κ1) is 18.3. The lowest BCUT2D eigenvalue weighted by Gasteiger charge is -2.11. The lowest BCUT2D eigenvalue weighted by atomic mass is 10.1. The highest BCUT2D eigenvalue weighted by atomic mass is 16.6. The van der Waals surface area contributed by atoms with Crippen LogP contribution in [0.15, 0.2) is 60.7 Å². The van der Waals surface area contributed by atoms with E-state index >= 15 is 0 Å². The van der Waals surface area contributed by atoms with Gasteiger partial charge < -0.3 is 18.9 Å². The predicted octanol–water partition coefficient (Wildman–Crippen LogP) is 3.62. The van der Waals surface area contributed by atoms with Crippen molar-refractivity contribution in [2.24, 2.45) is 0 Å². The van der Waals surface area contributed by atoms with Gasteiger partial charge >= 0.3 is 11.9 Å². The van der Waals surface area contributed by atoms with E-state index in [9.17, 15) is 9.59 Å².